The molecule has 0 aliphatic carbocycles. The third kappa shape index (κ3) is 3.80. The molecular weight excluding hydrogens is 556 g/mol. The molecule has 13 heteroatoms. The zero-order valence-electron chi connectivity index (χ0n) is 20.9. The van der Waals surface area contributed by atoms with Gasteiger partial charge in [0.2, 0.25) is 0 Å². The first kappa shape index (κ1) is 25.6. The van der Waals surface area contributed by atoms with Crippen molar-refractivity contribution in [2.75, 3.05) is 35.7 Å². The zero-order valence-corrected chi connectivity index (χ0v) is 22.5. The van der Waals surface area contributed by atoms with Crippen LogP contribution < -0.4 is 15.5 Å². The topological polar surface area (TPSA) is 78.6 Å². The summed E-state index contributed by atoms with van der Waals surface area (Å²) < 4.78 is 59.5. The van der Waals surface area contributed by atoms with E-state index in [1.54, 1.807) is 11.9 Å². The third-order valence-corrected chi connectivity index (χ3v) is 8.43. The molecule has 1 amide bonds. The second-order valence-corrected chi connectivity index (χ2v) is 11.1. The Hall–Kier alpha value is -3.64. The van der Waals surface area contributed by atoms with Crippen LogP contribution in [0.15, 0.2) is 30.4 Å². The van der Waals surface area contributed by atoms with Crippen molar-refractivity contribution >= 4 is 66.5 Å². The highest BCUT2D eigenvalue weighted by Crippen LogP contribution is 2.47. The van der Waals surface area contributed by atoms with E-state index in [2.05, 4.69) is 9.97 Å². The van der Waals surface area contributed by atoms with Crippen LogP contribution >= 0.6 is 22.9 Å². The molecule has 0 spiro atoms. The zero-order chi connectivity index (χ0) is 27.9. The minimum absolute atomic E-state index is 0.00919. The van der Waals surface area contributed by atoms with E-state index in [-0.39, 0.29) is 61.3 Å². The van der Waals surface area contributed by atoms with Crippen LogP contribution in [0.3, 0.4) is 0 Å². The summed E-state index contributed by atoms with van der Waals surface area (Å²) in [5.74, 6) is -3.43. The maximum atomic E-state index is 16.3. The molecule has 202 valence electrons. The number of fused-ring (bicyclic) bond motifs is 6. The Balaban J connectivity index is 1.58. The maximum absolute atomic E-state index is 16.3. The number of benzene rings is 2. The number of thiazole rings is 1. The van der Waals surface area contributed by atoms with Crippen molar-refractivity contribution < 1.29 is 22.4 Å². The number of rotatable bonds is 2. The van der Waals surface area contributed by atoms with Crippen LogP contribution in [-0.4, -0.2) is 53.0 Å². The molecule has 0 unspecified atom stereocenters. The van der Waals surface area contributed by atoms with Gasteiger partial charge in [-0.2, -0.15) is 0 Å². The van der Waals surface area contributed by atoms with Crippen molar-refractivity contribution in [2.45, 2.75) is 25.9 Å². The highest BCUT2D eigenvalue weighted by molar-refractivity contribution is 7.22. The Kier molecular flexibility index (Phi) is 5.88. The van der Waals surface area contributed by atoms with Gasteiger partial charge >= 0.3 is 0 Å². The van der Waals surface area contributed by atoms with Gasteiger partial charge in [0.15, 0.2) is 10.9 Å². The third-order valence-electron chi connectivity index (χ3n) is 7.24. The minimum atomic E-state index is -1.05. The highest BCUT2D eigenvalue weighted by Gasteiger charge is 2.43. The van der Waals surface area contributed by atoms with Crippen LogP contribution in [-0.2, 0) is 4.79 Å². The first-order valence-electron chi connectivity index (χ1n) is 12.0. The number of halogens is 5. The summed E-state index contributed by atoms with van der Waals surface area (Å²) in [6.07, 6.45) is 2.76. The Morgan fingerprint density at radius 3 is 2.64 bits per heavy atom. The lowest BCUT2D eigenvalue weighted by atomic mass is 9.96. The molecule has 2 aliphatic heterocycles. The molecule has 2 aliphatic rings. The van der Waals surface area contributed by atoms with Crippen LogP contribution in [0.5, 0.6) is 0 Å². The van der Waals surface area contributed by atoms with Crippen molar-refractivity contribution in [3.63, 3.8) is 0 Å². The van der Waals surface area contributed by atoms with E-state index in [0.717, 1.165) is 11.3 Å². The van der Waals surface area contributed by atoms with Crippen molar-refractivity contribution in [1.82, 2.24) is 14.9 Å². The molecule has 7 nitrogen and oxygen atoms in total. The van der Waals surface area contributed by atoms with E-state index in [1.807, 2.05) is 11.8 Å². The number of anilines is 3. The average Bonchev–Trinajstić information content (AvgIpc) is 3.26. The second-order valence-electron chi connectivity index (χ2n) is 9.71. The Morgan fingerprint density at radius 1 is 1.18 bits per heavy atom. The lowest BCUT2D eigenvalue weighted by Crippen LogP contribution is -2.63. The smallest absolute Gasteiger partial charge is 0.251 e. The molecule has 0 saturated carbocycles. The molecule has 0 radical (unpaired) electrons. The lowest BCUT2D eigenvalue weighted by Gasteiger charge is -2.50. The summed E-state index contributed by atoms with van der Waals surface area (Å²) in [6, 6.07) is 1.27. The Bertz CT molecular complexity index is 1740. The molecule has 2 atom stereocenters. The predicted molar refractivity (Wildman–Crippen MR) is 145 cm³/mol. The van der Waals surface area contributed by atoms with Crippen molar-refractivity contribution in [3.8, 4) is 11.1 Å². The predicted octanol–water partition coefficient (Wildman–Crippen LogP) is 5.85. The van der Waals surface area contributed by atoms with E-state index in [9.17, 15) is 13.6 Å². The lowest BCUT2D eigenvalue weighted by molar-refractivity contribution is -0.120. The van der Waals surface area contributed by atoms with Crippen LogP contribution in [0, 0.1) is 17.5 Å². The molecule has 39 heavy (non-hydrogen) atoms. The van der Waals surface area contributed by atoms with Gasteiger partial charge in [-0.3, -0.25) is 9.78 Å². The maximum Gasteiger partial charge on any atom is 0.251 e. The van der Waals surface area contributed by atoms with Crippen molar-refractivity contribution in [1.29, 1.82) is 0 Å². The number of amides is 1. The first-order chi connectivity index (χ1) is 18.5. The van der Waals surface area contributed by atoms with Crippen molar-refractivity contribution in [2.24, 2.45) is 0 Å². The summed E-state index contributed by atoms with van der Waals surface area (Å²) >= 11 is 7.43. The van der Waals surface area contributed by atoms with Gasteiger partial charge in [0.05, 0.1) is 32.8 Å². The largest absolute Gasteiger partial charge is 0.375 e. The summed E-state index contributed by atoms with van der Waals surface area (Å²) in [7, 11) is 1.59. The van der Waals surface area contributed by atoms with E-state index in [4.69, 9.17) is 17.3 Å². The molecule has 0 bridgehead atoms. The summed E-state index contributed by atoms with van der Waals surface area (Å²) in [5.41, 5.74) is 5.86. The van der Waals surface area contributed by atoms with Crippen LogP contribution in [0.4, 0.5) is 34.1 Å². The Morgan fingerprint density at radius 2 is 1.92 bits per heavy atom. The normalized spacial score (nSPS) is 19.7. The van der Waals surface area contributed by atoms with E-state index in [1.165, 1.54) is 30.3 Å². The quantitative estimate of drug-likeness (QED) is 0.302. The number of allylic oxidation sites excluding steroid dienone is 1. The number of piperazine rings is 1. The molecular formula is C26H21ClF4N6OS. The van der Waals surface area contributed by atoms with Gasteiger partial charge in [0.1, 0.15) is 29.0 Å². The van der Waals surface area contributed by atoms with Crippen LogP contribution in [0.25, 0.3) is 32.2 Å². The number of nitrogen functional groups attached to an aromatic ring is 1. The SMILES string of the molecule is CC(F)=CN1C[C@@H]2C(=O)N(C)c3cnc4c(F)c(-c5c(F)cc(F)c6sc(N)nc56)c(Cl)cc4c3N2C[C@H]1C. The standard InChI is InChI=1S/C26H21ClF4N6OS/c1-10(28)7-36-9-17-25(38)35(3)16-6-33-21-12(23(16)37(17)8-11(36)2)4-13(27)18(20(21)31)19-14(29)5-15(30)24-22(19)34-26(32)39-24/h4-7,11,17H,8-9H2,1-3H3,(H2,32,34)/t11-,17-/m1/s1. The van der Waals surface area contributed by atoms with Gasteiger partial charge in [-0.1, -0.05) is 22.9 Å². The van der Waals surface area contributed by atoms with Gasteiger partial charge in [0.25, 0.3) is 5.91 Å². The van der Waals surface area contributed by atoms with Crippen molar-refractivity contribution in [3.05, 3.63) is 52.8 Å². The molecule has 1 fully saturated rings. The van der Waals surface area contributed by atoms with E-state index < -0.39 is 23.5 Å². The number of hydrogen-bond donors (Lipinski definition) is 1. The molecule has 6 rings (SSSR count). The number of hydrogen-bond acceptors (Lipinski definition) is 7. The summed E-state index contributed by atoms with van der Waals surface area (Å²) in [6.45, 7) is 3.79. The molecule has 2 aromatic carbocycles. The highest BCUT2D eigenvalue weighted by atomic mass is 35.5. The molecule has 4 aromatic rings. The fraction of sp³-hybridized carbons (Fsp3) is 0.269. The number of nitrogens with zero attached hydrogens (tertiary/aromatic N) is 5. The number of aromatic nitrogens is 2. The monoisotopic (exact) mass is 576 g/mol. The molecule has 1 saturated heterocycles. The van der Waals surface area contributed by atoms with Gasteiger partial charge < -0.3 is 20.4 Å². The van der Waals surface area contributed by atoms with Crippen LogP contribution in [0.1, 0.15) is 13.8 Å². The summed E-state index contributed by atoms with van der Waals surface area (Å²) in [4.78, 5) is 26.7. The number of likely N-dealkylation sites (N-methyl/N-ethyl adjacent to an activating group) is 1. The first-order valence-corrected chi connectivity index (χ1v) is 13.2. The van der Waals surface area contributed by atoms with Crippen LogP contribution in [0.2, 0.25) is 5.02 Å². The molecule has 4 heterocycles. The molecule has 2 aromatic heterocycles. The number of carbonyl (C=O) groups excluding carboxylic acids is 1. The van der Waals surface area contributed by atoms with Gasteiger partial charge in [-0.25, -0.2) is 22.5 Å². The number of nitrogens with two attached hydrogens (primary N) is 1. The average molecular weight is 577 g/mol. The van der Waals surface area contributed by atoms with E-state index in [0.29, 0.717) is 29.4 Å². The molecule has 2 N–H and O–H groups in total. The number of carbonyl (C=O) groups is 1. The van der Waals surface area contributed by atoms with Gasteiger partial charge in [-0.05, 0) is 19.9 Å². The van der Waals surface area contributed by atoms with E-state index >= 15 is 8.78 Å². The number of pyridine rings is 1. The van der Waals surface area contributed by atoms with Gasteiger partial charge in [-0.15, -0.1) is 0 Å². The Labute approximate surface area is 229 Å². The van der Waals surface area contributed by atoms with Gasteiger partial charge in [0, 0.05) is 55.0 Å². The fourth-order valence-electron chi connectivity index (χ4n) is 5.49. The second kappa shape index (κ2) is 8.95. The minimum Gasteiger partial charge on any atom is -0.375 e. The summed E-state index contributed by atoms with van der Waals surface area (Å²) in [5, 5.41) is 0.162. The fourth-order valence-corrected chi connectivity index (χ4v) is 6.52.